The molecular formula is C24H20N2O4. The average molecular weight is 400 g/mol. The summed E-state index contributed by atoms with van der Waals surface area (Å²) in [4.78, 5) is 27.0. The Morgan fingerprint density at radius 2 is 1.93 bits per heavy atom. The van der Waals surface area contributed by atoms with E-state index < -0.39 is 5.63 Å². The van der Waals surface area contributed by atoms with Crippen molar-refractivity contribution in [1.82, 2.24) is 10.1 Å². The van der Waals surface area contributed by atoms with Gasteiger partial charge in [-0.1, -0.05) is 35.5 Å². The molecule has 0 N–H and O–H groups in total. The summed E-state index contributed by atoms with van der Waals surface area (Å²) >= 11 is 0. The zero-order valence-corrected chi connectivity index (χ0v) is 16.5. The van der Waals surface area contributed by atoms with Gasteiger partial charge >= 0.3 is 5.63 Å². The molecule has 150 valence electrons. The van der Waals surface area contributed by atoms with Gasteiger partial charge in [0, 0.05) is 30.0 Å². The highest BCUT2D eigenvalue weighted by molar-refractivity contribution is 5.95. The predicted molar refractivity (Wildman–Crippen MR) is 112 cm³/mol. The van der Waals surface area contributed by atoms with E-state index in [0.29, 0.717) is 34.7 Å². The first-order valence-corrected chi connectivity index (χ1v) is 9.93. The number of hydrogen-bond acceptors (Lipinski definition) is 5. The van der Waals surface area contributed by atoms with Gasteiger partial charge in [0.1, 0.15) is 17.0 Å². The number of fused-ring (bicyclic) bond motifs is 1. The molecule has 6 heteroatoms. The Hall–Kier alpha value is -3.67. The fourth-order valence-corrected chi connectivity index (χ4v) is 3.58. The van der Waals surface area contributed by atoms with Crippen molar-refractivity contribution in [3.05, 3.63) is 88.1 Å². The van der Waals surface area contributed by atoms with Crippen LogP contribution in [-0.2, 0) is 6.54 Å². The van der Waals surface area contributed by atoms with E-state index in [0.717, 1.165) is 29.7 Å². The van der Waals surface area contributed by atoms with E-state index in [-0.39, 0.29) is 5.91 Å². The van der Waals surface area contributed by atoms with Crippen molar-refractivity contribution in [2.24, 2.45) is 0 Å². The Kier molecular flexibility index (Phi) is 4.47. The molecule has 0 atom stereocenters. The lowest BCUT2D eigenvalue weighted by atomic mass is 10.0. The van der Waals surface area contributed by atoms with E-state index in [1.165, 1.54) is 0 Å². The maximum absolute atomic E-state index is 12.9. The summed E-state index contributed by atoms with van der Waals surface area (Å²) in [6.07, 6.45) is 2.28. The molecule has 0 aliphatic heterocycles. The van der Waals surface area contributed by atoms with Crippen molar-refractivity contribution in [1.29, 1.82) is 0 Å². The van der Waals surface area contributed by atoms with Crippen LogP contribution in [0.3, 0.4) is 0 Å². The molecule has 0 spiro atoms. The second kappa shape index (κ2) is 7.30. The molecule has 5 rings (SSSR count). The van der Waals surface area contributed by atoms with Gasteiger partial charge in [-0.2, -0.15) is 0 Å². The van der Waals surface area contributed by atoms with Crippen LogP contribution in [0.2, 0.25) is 0 Å². The Balaban J connectivity index is 1.40. The van der Waals surface area contributed by atoms with E-state index >= 15 is 0 Å². The monoisotopic (exact) mass is 400 g/mol. The molecule has 2 heterocycles. The first-order valence-electron chi connectivity index (χ1n) is 9.93. The van der Waals surface area contributed by atoms with Crippen molar-refractivity contribution in [2.45, 2.75) is 25.3 Å². The van der Waals surface area contributed by atoms with Gasteiger partial charge in [-0.3, -0.25) is 4.79 Å². The predicted octanol–water partition coefficient (Wildman–Crippen LogP) is 4.60. The van der Waals surface area contributed by atoms with Crippen LogP contribution in [0.25, 0.3) is 22.1 Å². The van der Waals surface area contributed by atoms with Crippen LogP contribution in [0.15, 0.2) is 74.4 Å². The molecule has 6 nitrogen and oxygen atoms in total. The quantitative estimate of drug-likeness (QED) is 0.458. The molecular weight excluding hydrogens is 380 g/mol. The van der Waals surface area contributed by atoms with Crippen molar-refractivity contribution in [3.63, 3.8) is 0 Å². The lowest BCUT2D eigenvalue weighted by Crippen LogP contribution is -2.26. The summed E-state index contributed by atoms with van der Waals surface area (Å²) in [5.74, 6) is 1.23. The molecule has 1 saturated carbocycles. The Morgan fingerprint density at radius 1 is 1.10 bits per heavy atom. The normalized spacial score (nSPS) is 13.5. The highest BCUT2D eigenvalue weighted by Gasteiger charge is 2.28. The van der Waals surface area contributed by atoms with E-state index in [1.807, 2.05) is 24.3 Å². The fraction of sp³-hybridized carbons (Fsp3) is 0.208. The van der Waals surface area contributed by atoms with Crippen LogP contribution in [-0.4, -0.2) is 23.0 Å². The highest BCUT2D eigenvalue weighted by Crippen LogP contribution is 2.40. The van der Waals surface area contributed by atoms with E-state index in [2.05, 4.69) is 5.16 Å². The third-order valence-electron chi connectivity index (χ3n) is 5.36. The van der Waals surface area contributed by atoms with Crippen LogP contribution in [0.5, 0.6) is 0 Å². The number of para-hydroxylation sites is 1. The Bertz CT molecular complexity index is 1300. The maximum Gasteiger partial charge on any atom is 0.344 e. The third-order valence-corrected chi connectivity index (χ3v) is 5.36. The van der Waals surface area contributed by atoms with Gasteiger partial charge in [0.05, 0.1) is 12.1 Å². The smallest absolute Gasteiger partial charge is 0.344 e. The molecule has 1 amide bonds. The van der Waals surface area contributed by atoms with Gasteiger partial charge in [-0.15, -0.1) is 0 Å². The number of rotatable bonds is 5. The number of nitrogens with zero attached hydrogens (tertiary/aromatic N) is 2. The van der Waals surface area contributed by atoms with Crippen molar-refractivity contribution < 1.29 is 13.7 Å². The highest BCUT2D eigenvalue weighted by atomic mass is 16.5. The second-order valence-corrected chi connectivity index (χ2v) is 7.72. The molecule has 4 aromatic rings. The number of carbonyl (C=O) groups excluding carboxylic acids is 1. The zero-order chi connectivity index (χ0) is 20.7. The summed E-state index contributed by atoms with van der Waals surface area (Å²) < 4.78 is 10.8. The topological polar surface area (TPSA) is 76.6 Å². The molecule has 1 aliphatic rings. The first-order chi connectivity index (χ1) is 14.6. The van der Waals surface area contributed by atoms with Gasteiger partial charge in [0.25, 0.3) is 5.91 Å². The number of benzene rings is 2. The van der Waals surface area contributed by atoms with Gasteiger partial charge in [-0.25, -0.2) is 4.79 Å². The number of hydrogen-bond donors (Lipinski definition) is 0. The van der Waals surface area contributed by atoms with Gasteiger partial charge in [-0.05, 0) is 42.7 Å². The second-order valence-electron chi connectivity index (χ2n) is 7.72. The first kappa shape index (κ1) is 18.4. The molecule has 2 aromatic carbocycles. The Labute approximate surface area is 172 Å². The zero-order valence-electron chi connectivity index (χ0n) is 16.5. The molecule has 30 heavy (non-hydrogen) atoms. The summed E-state index contributed by atoms with van der Waals surface area (Å²) in [5, 5.41) is 4.91. The van der Waals surface area contributed by atoms with Crippen molar-refractivity contribution >= 4 is 16.9 Å². The van der Waals surface area contributed by atoms with Crippen molar-refractivity contribution in [3.8, 4) is 11.1 Å². The van der Waals surface area contributed by atoms with Crippen LogP contribution in [0.4, 0.5) is 0 Å². The standard InChI is InChI=1S/C24H20N2O4/c1-26(14-19-13-22(30-25-19)15-9-10-15)23(27)18-7-4-6-16(11-18)20-12-17-5-2-3-8-21(17)29-24(20)28/h2-8,11-13,15H,9-10,14H2,1H3. The van der Waals surface area contributed by atoms with E-state index in [9.17, 15) is 9.59 Å². The van der Waals surface area contributed by atoms with Crippen LogP contribution in [0.1, 0.15) is 40.6 Å². The lowest BCUT2D eigenvalue weighted by molar-refractivity contribution is 0.0782. The van der Waals surface area contributed by atoms with Crippen LogP contribution >= 0.6 is 0 Å². The molecule has 0 radical (unpaired) electrons. The fourth-order valence-electron chi connectivity index (χ4n) is 3.58. The largest absolute Gasteiger partial charge is 0.422 e. The molecule has 1 fully saturated rings. The Morgan fingerprint density at radius 3 is 2.77 bits per heavy atom. The number of amides is 1. The third kappa shape index (κ3) is 3.52. The molecule has 0 bridgehead atoms. The minimum Gasteiger partial charge on any atom is -0.422 e. The van der Waals surface area contributed by atoms with Gasteiger partial charge in [0.2, 0.25) is 0 Å². The minimum absolute atomic E-state index is 0.155. The maximum atomic E-state index is 12.9. The summed E-state index contributed by atoms with van der Waals surface area (Å²) in [7, 11) is 1.73. The van der Waals surface area contributed by atoms with Crippen molar-refractivity contribution in [2.75, 3.05) is 7.05 Å². The molecule has 0 unspecified atom stereocenters. The summed E-state index contributed by atoms with van der Waals surface area (Å²) in [5.41, 5.74) is 2.41. The van der Waals surface area contributed by atoms with E-state index in [4.69, 9.17) is 8.94 Å². The average Bonchev–Trinajstić information content (AvgIpc) is 3.52. The number of aromatic nitrogens is 1. The van der Waals surface area contributed by atoms with Gasteiger partial charge < -0.3 is 13.8 Å². The van der Waals surface area contributed by atoms with Crippen LogP contribution in [0, 0.1) is 0 Å². The lowest BCUT2D eigenvalue weighted by Gasteiger charge is -2.16. The minimum atomic E-state index is -0.429. The summed E-state index contributed by atoms with van der Waals surface area (Å²) in [6.45, 7) is 0.359. The summed E-state index contributed by atoms with van der Waals surface area (Å²) in [6, 6.07) is 18.1. The molecule has 0 saturated heterocycles. The number of carbonyl (C=O) groups is 1. The SMILES string of the molecule is CN(Cc1cc(C2CC2)on1)C(=O)c1cccc(-c2cc3ccccc3oc2=O)c1. The van der Waals surface area contributed by atoms with E-state index in [1.54, 1.807) is 48.3 Å². The van der Waals surface area contributed by atoms with Gasteiger partial charge in [0.15, 0.2) is 0 Å². The molecule has 1 aliphatic carbocycles. The van der Waals surface area contributed by atoms with Crippen LogP contribution < -0.4 is 5.63 Å². The molecule has 2 aromatic heterocycles.